The first-order chi connectivity index (χ1) is 6.25. The van der Waals surface area contributed by atoms with E-state index in [0.717, 1.165) is 11.5 Å². The maximum absolute atomic E-state index is 5.42. The van der Waals surface area contributed by atoms with Crippen molar-refractivity contribution in [3.05, 3.63) is 17.5 Å². The fourth-order valence-electron chi connectivity index (χ4n) is 1.21. The van der Waals surface area contributed by atoms with Gasteiger partial charge in [-0.2, -0.15) is 0 Å². The first kappa shape index (κ1) is 8.75. The zero-order valence-corrected chi connectivity index (χ0v) is 8.12. The SMILES string of the molecule is CC(C)OCc1cc(C2CC2)on1. The van der Waals surface area contributed by atoms with Gasteiger partial charge in [-0.05, 0) is 26.7 Å². The fourth-order valence-corrected chi connectivity index (χ4v) is 1.21. The summed E-state index contributed by atoms with van der Waals surface area (Å²) in [6.45, 7) is 4.59. The molecular weight excluding hydrogens is 166 g/mol. The second-order valence-corrected chi connectivity index (χ2v) is 3.85. The van der Waals surface area contributed by atoms with Gasteiger partial charge >= 0.3 is 0 Å². The second-order valence-electron chi connectivity index (χ2n) is 3.85. The van der Waals surface area contributed by atoms with E-state index in [9.17, 15) is 0 Å². The predicted octanol–water partition coefficient (Wildman–Crippen LogP) is 2.48. The Hall–Kier alpha value is -0.830. The van der Waals surface area contributed by atoms with Crippen molar-refractivity contribution >= 4 is 0 Å². The highest BCUT2D eigenvalue weighted by molar-refractivity contribution is 5.13. The molecule has 1 aliphatic carbocycles. The Labute approximate surface area is 78.1 Å². The van der Waals surface area contributed by atoms with Crippen molar-refractivity contribution in [2.45, 2.75) is 45.3 Å². The molecule has 2 rings (SSSR count). The average molecular weight is 181 g/mol. The monoisotopic (exact) mass is 181 g/mol. The molecule has 1 aromatic heterocycles. The van der Waals surface area contributed by atoms with E-state index < -0.39 is 0 Å². The highest BCUT2D eigenvalue weighted by Gasteiger charge is 2.27. The molecule has 0 amide bonds. The summed E-state index contributed by atoms with van der Waals surface area (Å²) in [4.78, 5) is 0. The van der Waals surface area contributed by atoms with Crippen LogP contribution in [0.2, 0.25) is 0 Å². The summed E-state index contributed by atoms with van der Waals surface area (Å²) in [5, 5.41) is 3.95. The summed E-state index contributed by atoms with van der Waals surface area (Å²) in [6, 6.07) is 2.01. The van der Waals surface area contributed by atoms with Gasteiger partial charge in [-0.15, -0.1) is 0 Å². The first-order valence-electron chi connectivity index (χ1n) is 4.83. The van der Waals surface area contributed by atoms with Gasteiger partial charge < -0.3 is 9.26 Å². The van der Waals surface area contributed by atoms with Crippen molar-refractivity contribution in [2.24, 2.45) is 0 Å². The Balaban J connectivity index is 1.89. The molecule has 1 heterocycles. The molecule has 0 saturated heterocycles. The number of hydrogen-bond acceptors (Lipinski definition) is 3. The van der Waals surface area contributed by atoms with E-state index in [4.69, 9.17) is 9.26 Å². The standard InChI is InChI=1S/C10H15NO2/c1-7(2)12-6-9-5-10(13-11-9)8-3-4-8/h5,7-8H,3-4,6H2,1-2H3. The van der Waals surface area contributed by atoms with Crippen LogP contribution in [0.25, 0.3) is 0 Å². The lowest BCUT2D eigenvalue weighted by Crippen LogP contribution is -2.02. The second kappa shape index (κ2) is 3.50. The predicted molar refractivity (Wildman–Crippen MR) is 48.4 cm³/mol. The van der Waals surface area contributed by atoms with Gasteiger partial charge in [-0.1, -0.05) is 5.16 Å². The van der Waals surface area contributed by atoms with Crippen molar-refractivity contribution in [1.82, 2.24) is 5.16 Å². The zero-order valence-electron chi connectivity index (χ0n) is 8.12. The molecule has 0 atom stereocenters. The Morgan fingerprint density at radius 1 is 1.62 bits per heavy atom. The topological polar surface area (TPSA) is 35.3 Å². The van der Waals surface area contributed by atoms with E-state index >= 15 is 0 Å². The molecule has 0 unspecified atom stereocenters. The van der Waals surface area contributed by atoms with Gasteiger partial charge in [-0.25, -0.2) is 0 Å². The lowest BCUT2D eigenvalue weighted by molar-refractivity contribution is 0.0619. The molecule has 0 radical (unpaired) electrons. The van der Waals surface area contributed by atoms with Crippen molar-refractivity contribution in [3.63, 3.8) is 0 Å². The molecule has 0 spiro atoms. The highest BCUT2D eigenvalue weighted by Crippen LogP contribution is 2.40. The van der Waals surface area contributed by atoms with Gasteiger partial charge in [0.1, 0.15) is 11.5 Å². The van der Waals surface area contributed by atoms with E-state index in [1.54, 1.807) is 0 Å². The number of ether oxygens (including phenoxy) is 1. The minimum atomic E-state index is 0.251. The third kappa shape index (κ3) is 2.31. The van der Waals surface area contributed by atoms with Crippen LogP contribution in [-0.2, 0) is 11.3 Å². The molecule has 3 heteroatoms. The minimum Gasteiger partial charge on any atom is -0.372 e. The third-order valence-electron chi connectivity index (χ3n) is 2.12. The van der Waals surface area contributed by atoms with Crippen molar-refractivity contribution in [2.75, 3.05) is 0 Å². The number of nitrogens with zero attached hydrogens (tertiary/aromatic N) is 1. The quantitative estimate of drug-likeness (QED) is 0.715. The fraction of sp³-hybridized carbons (Fsp3) is 0.700. The molecule has 1 aliphatic rings. The Morgan fingerprint density at radius 2 is 2.38 bits per heavy atom. The number of rotatable bonds is 4. The van der Waals surface area contributed by atoms with Gasteiger partial charge in [0.05, 0.1) is 12.7 Å². The van der Waals surface area contributed by atoms with Crippen LogP contribution in [0.1, 0.15) is 44.1 Å². The maximum atomic E-state index is 5.42. The average Bonchev–Trinajstić information content (AvgIpc) is 2.83. The van der Waals surface area contributed by atoms with Crippen molar-refractivity contribution < 1.29 is 9.26 Å². The molecule has 72 valence electrons. The van der Waals surface area contributed by atoms with Crippen LogP contribution < -0.4 is 0 Å². The summed E-state index contributed by atoms with van der Waals surface area (Å²) in [6.07, 6.45) is 2.75. The van der Waals surface area contributed by atoms with Gasteiger partial charge in [0.15, 0.2) is 0 Å². The molecule has 0 aromatic carbocycles. The summed E-state index contributed by atoms with van der Waals surface area (Å²) < 4.78 is 10.6. The molecule has 13 heavy (non-hydrogen) atoms. The summed E-state index contributed by atoms with van der Waals surface area (Å²) in [5.41, 5.74) is 0.913. The molecular formula is C10H15NO2. The highest BCUT2D eigenvalue weighted by atomic mass is 16.5. The largest absolute Gasteiger partial charge is 0.372 e. The Bertz CT molecular complexity index is 276. The first-order valence-corrected chi connectivity index (χ1v) is 4.83. The lowest BCUT2D eigenvalue weighted by Gasteiger charge is -2.03. The van der Waals surface area contributed by atoms with Gasteiger partial charge in [0.25, 0.3) is 0 Å². The van der Waals surface area contributed by atoms with Crippen LogP contribution in [0, 0.1) is 0 Å². The van der Waals surface area contributed by atoms with Crippen molar-refractivity contribution in [3.8, 4) is 0 Å². The van der Waals surface area contributed by atoms with E-state index in [0.29, 0.717) is 12.5 Å². The van der Waals surface area contributed by atoms with Crippen LogP contribution in [0.3, 0.4) is 0 Å². The molecule has 1 saturated carbocycles. The molecule has 0 bridgehead atoms. The number of hydrogen-bond donors (Lipinski definition) is 0. The summed E-state index contributed by atoms with van der Waals surface area (Å²) in [5.74, 6) is 1.67. The molecule has 3 nitrogen and oxygen atoms in total. The van der Waals surface area contributed by atoms with E-state index in [-0.39, 0.29) is 6.10 Å². The lowest BCUT2D eigenvalue weighted by atomic mass is 10.3. The third-order valence-corrected chi connectivity index (χ3v) is 2.12. The Morgan fingerprint density at radius 3 is 3.00 bits per heavy atom. The van der Waals surface area contributed by atoms with Crippen LogP contribution in [-0.4, -0.2) is 11.3 Å². The molecule has 1 fully saturated rings. The maximum Gasteiger partial charge on any atom is 0.140 e. The number of aromatic nitrogens is 1. The van der Waals surface area contributed by atoms with E-state index in [2.05, 4.69) is 5.16 Å². The molecule has 0 aliphatic heterocycles. The smallest absolute Gasteiger partial charge is 0.140 e. The van der Waals surface area contributed by atoms with Gasteiger partial charge in [0, 0.05) is 12.0 Å². The molecule has 1 aromatic rings. The van der Waals surface area contributed by atoms with Gasteiger partial charge in [-0.3, -0.25) is 0 Å². The van der Waals surface area contributed by atoms with E-state index in [1.165, 1.54) is 12.8 Å². The van der Waals surface area contributed by atoms with Gasteiger partial charge in [0.2, 0.25) is 0 Å². The minimum absolute atomic E-state index is 0.251. The Kier molecular flexibility index (Phi) is 2.36. The molecule has 0 N–H and O–H groups in total. The summed E-state index contributed by atoms with van der Waals surface area (Å²) in [7, 11) is 0. The van der Waals surface area contributed by atoms with Crippen molar-refractivity contribution in [1.29, 1.82) is 0 Å². The van der Waals surface area contributed by atoms with E-state index in [1.807, 2.05) is 19.9 Å². The van der Waals surface area contributed by atoms with Crippen LogP contribution in [0.4, 0.5) is 0 Å². The van der Waals surface area contributed by atoms with Crippen LogP contribution in [0.5, 0.6) is 0 Å². The normalized spacial score (nSPS) is 16.8. The summed E-state index contributed by atoms with van der Waals surface area (Å²) >= 11 is 0. The zero-order chi connectivity index (χ0) is 9.26. The van der Waals surface area contributed by atoms with Crippen LogP contribution >= 0.6 is 0 Å². The van der Waals surface area contributed by atoms with Crippen LogP contribution in [0.15, 0.2) is 10.6 Å².